The van der Waals surface area contributed by atoms with E-state index in [1.807, 2.05) is 19.2 Å². The number of nitrogens with one attached hydrogen (secondary N) is 1. The van der Waals surface area contributed by atoms with Gasteiger partial charge in [0.25, 0.3) is 5.91 Å². The van der Waals surface area contributed by atoms with Gasteiger partial charge >= 0.3 is 17.9 Å². The molecule has 0 unspecified atom stereocenters. The summed E-state index contributed by atoms with van der Waals surface area (Å²) in [4.78, 5) is 50.3. The molecule has 1 amide bonds. The predicted octanol–water partition coefficient (Wildman–Crippen LogP) is -0.212. The summed E-state index contributed by atoms with van der Waals surface area (Å²) in [6.07, 6.45) is -1.97. The molecule has 2 bridgehead atoms. The van der Waals surface area contributed by atoms with Crippen LogP contribution in [0.3, 0.4) is 0 Å². The quantitative estimate of drug-likeness (QED) is 0.285. The van der Waals surface area contributed by atoms with Crippen LogP contribution in [0.15, 0.2) is 24.0 Å². The Morgan fingerprint density at radius 2 is 1.98 bits per heavy atom. The number of esters is 2. The third-order valence-electron chi connectivity index (χ3n) is 8.81. The van der Waals surface area contributed by atoms with Crippen molar-refractivity contribution in [2.75, 3.05) is 20.7 Å². The lowest BCUT2D eigenvalue weighted by Crippen LogP contribution is -2.74. The number of ether oxygens (including phenoxy) is 4. The van der Waals surface area contributed by atoms with Crippen LogP contribution in [0.2, 0.25) is 0 Å². The van der Waals surface area contributed by atoms with Gasteiger partial charge in [0, 0.05) is 18.0 Å². The minimum atomic E-state index is -1.94. The lowest BCUT2D eigenvalue weighted by atomic mass is 9.50. The molecule has 13 heteroatoms. The summed E-state index contributed by atoms with van der Waals surface area (Å²) in [5, 5.41) is 33.6. The van der Waals surface area contributed by atoms with Gasteiger partial charge in [-0.3, -0.25) is 14.4 Å². The molecule has 1 aromatic rings. The predicted molar refractivity (Wildman–Crippen MR) is 139 cm³/mol. The van der Waals surface area contributed by atoms with Crippen molar-refractivity contribution in [2.24, 2.45) is 0 Å². The largest absolute Gasteiger partial charge is 0.493 e. The normalized spacial score (nSPS) is 29.6. The van der Waals surface area contributed by atoms with Gasteiger partial charge in [-0.1, -0.05) is 6.07 Å². The molecule has 13 nitrogen and oxygen atoms in total. The second-order valence-corrected chi connectivity index (χ2v) is 11.1. The van der Waals surface area contributed by atoms with E-state index in [0.717, 1.165) is 11.1 Å². The molecule has 1 fully saturated rings. The van der Waals surface area contributed by atoms with Crippen molar-refractivity contribution in [1.29, 1.82) is 0 Å². The Labute approximate surface area is 236 Å². The number of hydrogen-bond donors (Lipinski definition) is 4. The Hall–Kier alpha value is -3.68. The first-order valence-electron chi connectivity index (χ1n) is 13.5. The van der Waals surface area contributed by atoms with Crippen LogP contribution in [0.1, 0.15) is 44.2 Å². The highest BCUT2D eigenvalue weighted by molar-refractivity contribution is 5.89. The Morgan fingerprint density at radius 3 is 2.66 bits per heavy atom. The number of nitrogens with zero attached hydrogens (tertiary/aromatic N) is 1. The topological polar surface area (TPSA) is 181 Å². The fourth-order valence-corrected chi connectivity index (χ4v) is 6.70. The first-order valence-corrected chi connectivity index (χ1v) is 13.5. The zero-order chi connectivity index (χ0) is 29.9. The number of likely N-dealkylation sites (N-methyl/N-ethyl adjacent to an activating group) is 1. The van der Waals surface area contributed by atoms with Gasteiger partial charge in [-0.2, -0.15) is 0 Å². The molecule has 1 aromatic carbocycles. The van der Waals surface area contributed by atoms with Crippen LogP contribution >= 0.6 is 0 Å². The number of piperidine rings is 1. The molecule has 2 aliphatic carbocycles. The molecular weight excluding hydrogens is 540 g/mol. The number of methoxy groups -OCH3 is 1. The van der Waals surface area contributed by atoms with Crippen LogP contribution in [0.25, 0.3) is 0 Å². The number of carbonyl (C=O) groups excluding carboxylic acids is 3. The van der Waals surface area contributed by atoms with Gasteiger partial charge in [-0.15, -0.1) is 0 Å². The van der Waals surface area contributed by atoms with E-state index >= 15 is 0 Å². The van der Waals surface area contributed by atoms with Gasteiger partial charge < -0.3 is 44.5 Å². The van der Waals surface area contributed by atoms with E-state index in [1.165, 1.54) is 21.0 Å². The highest BCUT2D eigenvalue weighted by atomic mass is 16.6. The highest BCUT2D eigenvalue weighted by Gasteiger charge is 2.72. The smallest absolute Gasteiger partial charge is 0.336 e. The number of aliphatic hydroxyl groups excluding tert-OH is 1. The molecule has 5 rings (SSSR count). The van der Waals surface area contributed by atoms with Gasteiger partial charge in [-0.25, -0.2) is 4.79 Å². The minimum absolute atomic E-state index is 0.171. The summed E-state index contributed by atoms with van der Waals surface area (Å²) in [5.41, 5.74) is -0.183. The summed E-state index contributed by atoms with van der Waals surface area (Å²) in [6.45, 7) is 3.13. The number of rotatable bonds is 9. The molecule has 222 valence electrons. The van der Waals surface area contributed by atoms with Crippen LogP contribution < -0.4 is 14.8 Å². The van der Waals surface area contributed by atoms with Crippen molar-refractivity contribution in [3.05, 3.63) is 35.1 Å². The van der Waals surface area contributed by atoms with Crippen LogP contribution in [0.4, 0.5) is 0 Å². The average molecular weight is 575 g/mol. The Bertz CT molecular complexity index is 1330. The van der Waals surface area contributed by atoms with Crippen molar-refractivity contribution in [3.63, 3.8) is 0 Å². The zero-order valence-electron chi connectivity index (χ0n) is 23.2. The number of carboxylic acid groups (broad SMARTS) is 1. The summed E-state index contributed by atoms with van der Waals surface area (Å²) < 4.78 is 22.5. The molecule has 4 N–H and O–H groups in total. The van der Waals surface area contributed by atoms with Crippen LogP contribution in [0.5, 0.6) is 11.5 Å². The third kappa shape index (κ3) is 4.43. The van der Waals surface area contributed by atoms with Gasteiger partial charge in [0.15, 0.2) is 29.8 Å². The fourth-order valence-electron chi connectivity index (χ4n) is 6.70. The number of amides is 1. The Morgan fingerprint density at radius 1 is 1.24 bits per heavy atom. The summed E-state index contributed by atoms with van der Waals surface area (Å²) >= 11 is 0. The second kappa shape index (κ2) is 10.3. The molecular formula is C28H34N2O11. The molecule has 2 heterocycles. The molecule has 4 aliphatic rings. The van der Waals surface area contributed by atoms with Gasteiger partial charge in [0.05, 0.1) is 24.5 Å². The van der Waals surface area contributed by atoms with Crippen molar-refractivity contribution in [3.8, 4) is 11.5 Å². The maximum absolute atomic E-state index is 12.9. The van der Waals surface area contributed by atoms with E-state index in [0.29, 0.717) is 30.9 Å². The highest BCUT2D eigenvalue weighted by Crippen LogP contribution is 2.65. The second-order valence-electron chi connectivity index (χ2n) is 11.1. The Kier molecular flexibility index (Phi) is 7.24. The van der Waals surface area contributed by atoms with E-state index in [1.54, 1.807) is 6.08 Å². The fraction of sp³-hybridized carbons (Fsp3) is 0.571. The van der Waals surface area contributed by atoms with E-state index in [-0.39, 0.29) is 18.2 Å². The molecule has 1 saturated heterocycles. The van der Waals surface area contributed by atoms with Gasteiger partial charge in [0.2, 0.25) is 0 Å². The number of aliphatic hydroxyl groups is 2. The van der Waals surface area contributed by atoms with Crippen molar-refractivity contribution >= 4 is 23.8 Å². The molecule has 1 spiro atoms. The maximum Gasteiger partial charge on any atom is 0.336 e. The van der Waals surface area contributed by atoms with E-state index in [2.05, 4.69) is 10.2 Å². The molecule has 2 aliphatic heterocycles. The minimum Gasteiger partial charge on any atom is -0.493 e. The first kappa shape index (κ1) is 28.8. The van der Waals surface area contributed by atoms with Crippen LogP contribution in [-0.4, -0.2) is 101 Å². The van der Waals surface area contributed by atoms with E-state index in [9.17, 15) is 29.4 Å². The molecule has 0 aromatic heterocycles. The lowest BCUT2D eigenvalue weighted by molar-refractivity contribution is -0.172. The zero-order valence-corrected chi connectivity index (χ0v) is 23.2. The Balaban J connectivity index is 1.31. The number of likely N-dealkylation sites (tertiary alicyclic amines) is 1. The molecule has 0 saturated carbocycles. The number of aliphatic carboxylic acids is 1. The SMILES string of the molecule is COc1ccc2c3c1O[C@@H]1C(OC(=O)C[C@H](O)C(=O)O[C@@H](C)C(=O)N[C@@H](C)C(=O)O)=CC[C@]4(O)[C@H](C2)N(C)CC[C@@]314. The molecule has 7 atom stereocenters. The monoisotopic (exact) mass is 574 g/mol. The average Bonchev–Trinajstić information content (AvgIpc) is 3.27. The first-order chi connectivity index (χ1) is 19.3. The number of hydrogen-bond acceptors (Lipinski definition) is 11. The lowest BCUT2D eigenvalue weighted by Gasteiger charge is -2.61. The van der Waals surface area contributed by atoms with E-state index in [4.69, 9.17) is 24.1 Å². The maximum atomic E-state index is 12.9. The number of benzene rings is 1. The number of carbonyl (C=O) groups is 4. The van der Waals surface area contributed by atoms with Crippen LogP contribution in [-0.2, 0) is 40.5 Å². The van der Waals surface area contributed by atoms with Crippen LogP contribution in [0, 0.1) is 0 Å². The van der Waals surface area contributed by atoms with Crippen molar-refractivity contribution in [1.82, 2.24) is 10.2 Å². The van der Waals surface area contributed by atoms with Crippen molar-refractivity contribution < 1.29 is 53.4 Å². The standard InChI is InChI=1S/C28H34N2O11/c1-13(25(34)35)29-24(33)14(2)39-26(36)16(31)12-20(32)40-18-7-8-28(37)19-11-15-5-6-17(38-4)22-21(15)27(28,23(18)41-22)9-10-30(19)3/h5-7,13-14,16,19,23,31,37H,8-12H2,1-4H3,(H,29,33)(H,34,35)/t13-,14-,16-,19-,23+,27+,28-/m0/s1. The molecule has 41 heavy (non-hydrogen) atoms. The van der Waals surface area contributed by atoms with Gasteiger partial charge in [0.1, 0.15) is 11.8 Å². The van der Waals surface area contributed by atoms with Crippen molar-refractivity contribution in [2.45, 2.75) is 80.9 Å². The summed E-state index contributed by atoms with van der Waals surface area (Å²) in [5.74, 6) is -3.15. The third-order valence-corrected chi connectivity index (χ3v) is 8.81. The van der Waals surface area contributed by atoms with Gasteiger partial charge in [-0.05, 0) is 58.0 Å². The molecule has 0 radical (unpaired) electrons. The number of carboxylic acids is 1. The summed E-state index contributed by atoms with van der Waals surface area (Å²) in [6, 6.07) is 2.40. The summed E-state index contributed by atoms with van der Waals surface area (Å²) in [7, 11) is 3.51. The van der Waals surface area contributed by atoms with E-state index < -0.39 is 65.6 Å².